The summed E-state index contributed by atoms with van der Waals surface area (Å²) in [6.07, 6.45) is 0. The summed E-state index contributed by atoms with van der Waals surface area (Å²) >= 11 is 1.75. The van der Waals surface area contributed by atoms with Crippen molar-refractivity contribution in [2.24, 2.45) is 0 Å². The highest BCUT2D eigenvalue weighted by Gasteiger charge is 2.11. The Morgan fingerprint density at radius 3 is 2.69 bits per heavy atom. The zero-order valence-electron chi connectivity index (χ0n) is 15.1. The van der Waals surface area contributed by atoms with Gasteiger partial charge in [0.05, 0.1) is 19.3 Å². The molecule has 0 atom stereocenters. The number of para-hydroxylation sites is 2. The predicted molar refractivity (Wildman–Crippen MR) is 105 cm³/mol. The van der Waals surface area contributed by atoms with Crippen molar-refractivity contribution in [3.63, 3.8) is 0 Å². The summed E-state index contributed by atoms with van der Waals surface area (Å²) in [6, 6.07) is 9.70. The minimum atomic E-state index is 0.188. The third kappa shape index (κ3) is 4.47. The number of hydrogen-bond donors (Lipinski definition) is 2. The van der Waals surface area contributed by atoms with Gasteiger partial charge >= 0.3 is 0 Å². The molecule has 0 aliphatic carbocycles. The van der Waals surface area contributed by atoms with Crippen LogP contribution in [-0.4, -0.2) is 34.0 Å². The van der Waals surface area contributed by atoms with Gasteiger partial charge in [0.25, 0.3) is 0 Å². The van der Waals surface area contributed by atoms with Crippen LogP contribution in [0.2, 0.25) is 0 Å². The van der Waals surface area contributed by atoms with Gasteiger partial charge in [-0.25, -0.2) is 0 Å². The van der Waals surface area contributed by atoms with Gasteiger partial charge in [0.2, 0.25) is 11.9 Å². The zero-order valence-corrected chi connectivity index (χ0v) is 15.9. The fraction of sp³-hybridized carbons (Fsp3) is 0.278. The van der Waals surface area contributed by atoms with E-state index in [9.17, 15) is 0 Å². The molecule has 3 aromatic rings. The number of nitrogens with zero attached hydrogens (tertiary/aromatic N) is 4. The van der Waals surface area contributed by atoms with E-state index < -0.39 is 0 Å². The molecule has 0 radical (unpaired) electrons. The van der Waals surface area contributed by atoms with E-state index in [2.05, 4.69) is 43.5 Å². The molecule has 2 heterocycles. The Labute approximate surface area is 156 Å². The van der Waals surface area contributed by atoms with Gasteiger partial charge in [0.1, 0.15) is 11.6 Å². The van der Waals surface area contributed by atoms with Gasteiger partial charge in [-0.1, -0.05) is 12.1 Å². The molecule has 7 nitrogen and oxygen atoms in total. The van der Waals surface area contributed by atoms with Crippen LogP contribution in [0.1, 0.15) is 16.3 Å². The molecule has 26 heavy (non-hydrogen) atoms. The van der Waals surface area contributed by atoms with E-state index in [4.69, 9.17) is 10.5 Å². The Morgan fingerprint density at radius 2 is 1.96 bits per heavy atom. The number of benzene rings is 1. The molecular formula is C18H22N6OS. The van der Waals surface area contributed by atoms with Crippen LogP contribution in [-0.2, 0) is 13.1 Å². The summed E-state index contributed by atoms with van der Waals surface area (Å²) in [5, 5.41) is 5.25. The van der Waals surface area contributed by atoms with Crippen molar-refractivity contribution >= 4 is 28.9 Å². The van der Waals surface area contributed by atoms with Crippen LogP contribution >= 0.6 is 11.3 Å². The number of nitrogens with one attached hydrogen (secondary N) is 1. The lowest BCUT2D eigenvalue weighted by Gasteiger charge is -2.16. The zero-order chi connectivity index (χ0) is 18.5. The van der Waals surface area contributed by atoms with Gasteiger partial charge in [-0.05, 0) is 43.1 Å². The molecule has 0 amide bonds. The molecule has 0 bridgehead atoms. The van der Waals surface area contributed by atoms with Crippen LogP contribution in [0.4, 0.5) is 17.6 Å². The molecule has 136 valence electrons. The first-order valence-corrected chi connectivity index (χ1v) is 9.05. The molecule has 0 spiro atoms. The fourth-order valence-electron chi connectivity index (χ4n) is 2.54. The maximum atomic E-state index is 5.87. The smallest absolute Gasteiger partial charge is 0.232 e. The first kappa shape index (κ1) is 18.1. The normalized spacial score (nSPS) is 10.9. The highest BCUT2D eigenvalue weighted by molar-refractivity contribution is 7.10. The number of aromatic nitrogens is 3. The van der Waals surface area contributed by atoms with Crippen LogP contribution in [0.25, 0.3) is 0 Å². The summed E-state index contributed by atoms with van der Waals surface area (Å²) in [7, 11) is 3.65. The maximum Gasteiger partial charge on any atom is 0.232 e. The number of nitrogen functional groups attached to an aromatic ring is 1. The molecule has 0 saturated heterocycles. The Balaban J connectivity index is 1.74. The third-order valence-electron chi connectivity index (χ3n) is 3.85. The summed E-state index contributed by atoms with van der Waals surface area (Å²) in [4.78, 5) is 16.4. The lowest BCUT2D eigenvalue weighted by atomic mass is 10.3. The Hall–Kier alpha value is -2.71. The molecule has 0 unspecified atom stereocenters. The van der Waals surface area contributed by atoms with Gasteiger partial charge in [-0.2, -0.15) is 15.0 Å². The van der Waals surface area contributed by atoms with E-state index in [1.165, 1.54) is 10.4 Å². The topological polar surface area (TPSA) is 89.2 Å². The Bertz CT molecular complexity index is 882. The van der Waals surface area contributed by atoms with E-state index in [1.807, 2.05) is 31.3 Å². The summed E-state index contributed by atoms with van der Waals surface area (Å²) in [5.41, 5.74) is 7.94. The fourth-order valence-corrected chi connectivity index (χ4v) is 3.53. The van der Waals surface area contributed by atoms with E-state index in [0.717, 1.165) is 12.2 Å². The number of rotatable bonds is 7. The van der Waals surface area contributed by atoms with Crippen LogP contribution in [0.3, 0.4) is 0 Å². The first-order chi connectivity index (χ1) is 12.5. The second-order valence-electron chi connectivity index (χ2n) is 5.96. The van der Waals surface area contributed by atoms with E-state index in [-0.39, 0.29) is 5.95 Å². The average molecular weight is 370 g/mol. The molecule has 0 saturated carbocycles. The van der Waals surface area contributed by atoms with Gasteiger partial charge in [-0.15, -0.1) is 11.3 Å². The molecule has 0 fully saturated rings. The van der Waals surface area contributed by atoms with Crippen molar-refractivity contribution in [3.8, 4) is 5.75 Å². The van der Waals surface area contributed by atoms with E-state index in [0.29, 0.717) is 24.1 Å². The highest BCUT2D eigenvalue weighted by atomic mass is 32.1. The Kier molecular flexibility index (Phi) is 5.65. The molecule has 8 heteroatoms. The van der Waals surface area contributed by atoms with Crippen LogP contribution < -0.4 is 15.8 Å². The molecule has 3 N–H and O–H groups in total. The minimum absolute atomic E-state index is 0.188. The molecule has 3 rings (SSSR count). The number of aryl methyl sites for hydroxylation is 1. The lowest BCUT2D eigenvalue weighted by Crippen LogP contribution is -2.20. The monoisotopic (exact) mass is 370 g/mol. The largest absolute Gasteiger partial charge is 0.495 e. The van der Waals surface area contributed by atoms with Crippen LogP contribution in [0.15, 0.2) is 35.7 Å². The number of thiophene rings is 1. The standard InChI is InChI=1S/C18H22N6OS/c1-12-8-9-26-15(12)10-24(2)11-16-21-17(19)23-18(22-16)20-13-6-4-5-7-14(13)25-3/h4-9H,10-11H2,1-3H3,(H3,19,20,21,22,23). The van der Waals surface area contributed by atoms with E-state index >= 15 is 0 Å². The molecular weight excluding hydrogens is 348 g/mol. The van der Waals surface area contributed by atoms with Crippen molar-refractivity contribution in [2.45, 2.75) is 20.0 Å². The van der Waals surface area contributed by atoms with Crippen molar-refractivity contribution in [1.82, 2.24) is 19.9 Å². The van der Waals surface area contributed by atoms with Crippen molar-refractivity contribution in [2.75, 3.05) is 25.2 Å². The summed E-state index contributed by atoms with van der Waals surface area (Å²) < 4.78 is 5.34. The molecule has 0 aliphatic heterocycles. The SMILES string of the molecule is COc1ccccc1Nc1nc(N)nc(CN(C)Cc2sccc2C)n1. The summed E-state index contributed by atoms with van der Waals surface area (Å²) in [6.45, 7) is 3.53. The van der Waals surface area contributed by atoms with E-state index in [1.54, 1.807) is 18.4 Å². The average Bonchev–Trinajstić information content (AvgIpc) is 2.99. The van der Waals surface area contributed by atoms with Gasteiger partial charge in [-0.3, -0.25) is 4.90 Å². The lowest BCUT2D eigenvalue weighted by molar-refractivity contribution is 0.313. The first-order valence-electron chi connectivity index (χ1n) is 8.17. The number of methoxy groups -OCH3 is 1. The van der Waals surface area contributed by atoms with Gasteiger partial charge < -0.3 is 15.8 Å². The Morgan fingerprint density at radius 1 is 1.15 bits per heavy atom. The second-order valence-corrected chi connectivity index (χ2v) is 6.96. The highest BCUT2D eigenvalue weighted by Crippen LogP contribution is 2.25. The quantitative estimate of drug-likeness (QED) is 0.660. The molecule has 2 aromatic heterocycles. The number of hydrogen-bond acceptors (Lipinski definition) is 8. The third-order valence-corrected chi connectivity index (χ3v) is 4.85. The second kappa shape index (κ2) is 8.11. The van der Waals surface area contributed by atoms with Crippen LogP contribution in [0, 0.1) is 6.92 Å². The van der Waals surface area contributed by atoms with Crippen molar-refractivity contribution in [3.05, 3.63) is 52.0 Å². The van der Waals surface area contributed by atoms with Gasteiger partial charge in [0.15, 0.2) is 0 Å². The number of anilines is 3. The van der Waals surface area contributed by atoms with Crippen molar-refractivity contribution < 1.29 is 4.74 Å². The molecule has 1 aromatic carbocycles. The summed E-state index contributed by atoms with van der Waals surface area (Å²) in [5.74, 6) is 1.91. The van der Waals surface area contributed by atoms with Gasteiger partial charge in [0, 0.05) is 11.4 Å². The van der Waals surface area contributed by atoms with Crippen LogP contribution in [0.5, 0.6) is 5.75 Å². The molecule has 0 aliphatic rings. The minimum Gasteiger partial charge on any atom is -0.495 e. The number of ether oxygens (including phenoxy) is 1. The maximum absolute atomic E-state index is 5.87. The van der Waals surface area contributed by atoms with Crippen molar-refractivity contribution in [1.29, 1.82) is 0 Å². The predicted octanol–water partition coefficient (Wildman–Crippen LogP) is 3.21. The number of nitrogens with two attached hydrogens (primary N) is 1.